The summed E-state index contributed by atoms with van der Waals surface area (Å²) in [6.07, 6.45) is 3.22. The highest BCUT2D eigenvalue weighted by molar-refractivity contribution is 7.89. The second-order valence-electron chi connectivity index (χ2n) is 4.99. The average molecular weight is 336 g/mol. The maximum Gasteiger partial charge on any atom is 0.244 e. The van der Waals surface area contributed by atoms with Gasteiger partial charge in [-0.1, -0.05) is 0 Å². The lowest BCUT2D eigenvalue weighted by Crippen LogP contribution is -2.31. The number of rotatable bonds is 5. The van der Waals surface area contributed by atoms with Crippen LogP contribution in [-0.2, 0) is 10.0 Å². The zero-order valence-electron chi connectivity index (χ0n) is 12.5. The fourth-order valence-electron chi connectivity index (χ4n) is 2.31. The van der Waals surface area contributed by atoms with Gasteiger partial charge in [-0.15, -0.1) is 10.2 Å². The quantitative estimate of drug-likeness (QED) is 0.794. The van der Waals surface area contributed by atoms with Crippen molar-refractivity contribution < 1.29 is 17.9 Å². The molecule has 2 aromatic heterocycles. The minimum Gasteiger partial charge on any atom is -0.480 e. The Kier molecular flexibility index (Phi) is 4.39. The van der Waals surface area contributed by atoms with Crippen molar-refractivity contribution in [1.29, 1.82) is 0 Å². The summed E-state index contributed by atoms with van der Waals surface area (Å²) in [4.78, 5) is 4.04. The van der Waals surface area contributed by atoms with E-state index >= 15 is 0 Å². The Labute approximate surface area is 134 Å². The van der Waals surface area contributed by atoms with Crippen molar-refractivity contribution in [2.24, 2.45) is 0 Å². The summed E-state index contributed by atoms with van der Waals surface area (Å²) in [6, 6.07) is 6.42. The molecule has 2 aromatic rings. The fourth-order valence-corrected chi connectivity index (χ4v) is 3.76. The van der Waals surface area contributed by atoms with E-state index in [9.17, 15) is 8.42 Å². The van der Waals surface area contributed by atoms with Crippen LogP contribution in [0.3, 0.4) is 0 Å². The maximum absolute atomic E-state index is 12.5. The highest BCUT2D eigenvalue weighted by Crippen LogP contribution is 2.23. The molecule has 1 atom stereocenters. The van der Waals surface area contributed by atoms with Gasteiger partial charge in [-0.05, 0) is 18.6 Å². The van der Waals surface area contributed by atoms with Gasteiger partial charge >= 0.3 is 0 Å². The van der Waals surface area contributed by atoms with E-state index in [0.717, 1.165) is 0 Å². The van der Waals surface area contributed by atoms with Gasteiger partial charge in [0.15, 0.2) is 0 Å². The molecule has 0 bridgehead atoms. The van der Waals surface area contributed by atoms with E-state index in [1.807, 2.05) is 0 Å². The zero-order chi connectivity index (χ0) is 16.3. The molecule has 0 saturated carbocycles. The van der Waals surface area contributed by atoms with Crippen LogP contribution in [0.5, 0.6) is 11.8 Å². The molecule has 0 spiro atoms. The molecule has 1 aliphatic heterocycles. The van der Waals surface area contributed by atoms with Crippen LogP contribution in [-0.4, -0.2) is 54.2 Å². The van der Waals surface area contributed by atoms with Gasteiger partial charge in [0.25, 0.3) is 0 Å². The van der Waals surface area contributed by atoms with E-state index in [1.54, 1.807) is 18.2 Å². The summed E-state index contributed by atoms with van der Waals surface area (Å²) < 4.78 is 37.0. The maximum atomic E-state index is 12.5. The SMILES string of the molecule is COc1ccc(OC2CCN(S(=O)(=O)c3cccnc3)C2)nn1. The van der Waals surface area contributed by atoms with Crippen molar-refractivity contribution in [2.45, 2.75) is 17.4 Å². The van der Waals surface area contributed by atoms with E-state index in [-0.39, 0.29) is 17.5 Å². The Hall–Kier alpha value is -2.26. The summed E-state index contributed by atoms with van der Waals surface area (Å²) in [6.45, 7) is 0.663. The van der Waals surface area contributed by atoms with Crippen molar-refractivity contribution in [3.63, 3.8) is 0 Å². The molecule has 1 unspecified atom stereocenters. The van der Waals surface area contributed by atoms with Crippen LogP contribution in [0.15, 0.2) is 41.6 Å². The van der Waals surface area contributed by atoms with Gasteiger partial charge in [0.1, 0.15) is 11.0 Å². The predicted octanol–water partition coefficient (Wildman–Crippen LogP) is 0.722. The van der Waals surface area contributed by atoms with E-state index in [1.165, 1.54) is 29.9 Å². The molecule has 23 heavy (non-hydrogen) atoms. The van der Waals surface area contributed by atoms with Crippen LogP contribution < -0.4 is 9.47 Å². The van der Waals surface area contributed by atoms with Gasteiger partial charge in [0.05, 0.1) is 13.7 Å². The summed E-state index contributed by atoms with van der Waals surface area (Å²) in [7, 11) is -2.04. The lowest BCUT2D eigenvalue weighted by atomic mass is 10.3. The molecule has 122 valence electrons. The minimum absolute atomic E-state index is 0.185. The largest absolute Gasteiger partial charge is 0.480 e. The molecule has 3 rings (SSSR count). The second-order valence-corrected chi connectivity index (χ2v) is 6.93. The summed E-state index contributed by atoms with van der Waals surface area (Å²) in [5.41, 5.74) is 0. The van der Waals surface area contributed by atoms with Gasteiger partial charge in [-0.3, -0.25) is 4.98 Å². The fraction of sp³-hybridized carbons (Fsp3) is 0.357. The van der Waals surface area contributed by atoms with E-state index < -0.39 is 10.0 Å². The van der Waals surface area contributed by atoms with Crippen molar-refractivity contribution in [2.75, 3.05) is 20.2 Å². The van der Waals surface area contributed by atoms with Gasteiger partial charge in [-0.2, -0.15) is 4.31 Å². The van der Waals surface area contributed by atoms with Crippen molar-refractivity contribution >= 4 is 10.0 Å². The third-order valence-electron chi connectivity index (χ3n) is 3.49. The first kappa shape index (κ1) is 15.6. The highest BCUT2D eigenvalue weighted by atomic mass is 32.2. The number of hydrogen-bond acceptors (Lipinski definition) is 7. The number of pyridine rings is 1. The van der Waals surface area contributed by atoms with Crippen molar-refractivity contribution in [1.82, 2.24) is 19.5 Å². The normalized spacial score (nSPS) is 18.7. The average Bonchev–Trinajstić information content (AvgIpc) is 3.06. The molecule has 0 aromatic carbocycles. The summed E-state index contributed by atoms with van der Waals surface area (Å²) >= 11 is 0. The van der Waals surface area contributed by atoms with Crippen molar-refractivity contribution in [3.05, 3.63) is 36.7 Å². The standard InChI is InChI=1S/C14H16N4O4S/c1-21-13-4-5-14(17-16-13)22-11-6-8-18(10-11)23(19,20)12-3-2-7-15-9-12/h2-5,7,9,11H,6,8,10H2,1H3. The number of hydrogen-bond donors (Lipinski definition) is 0. The third kappa shape index (κ3) is 3.40. The van der Waals surface area contributed by atoms with Crippen LogP contribution in [0.25, 0.3) is 0 Å². The number of sulfonamides is 1. The zero-order valence-corrected chi connectivity index (χ0v) is 13.3. The van der Waals surface area contributed by atoms with Crippen LogP contribution in [0, 0.1) is 0 Å². The lowest BCUT2D eigenvalue weighted by molar-refractivity contribution is 0.203. The molecule has 0 amide bonds. The van der Waals surface area contributed by atoms with E-state index in [0.29, 0.717) is 24.7 Å². The first-order chi connectivity index (χ1) is 11.1. The number of nitrogens with zero attached hydrogens (tertiary/aromatic N) is 4. The molecule has 3 heterocycles. The monoisotopic (exact) mass is 336 g/mol. The Balaban J connectivity index is 1.66. The number of aromatic nitrogens is 3. The Morgan fingerprint density at radius 1 is 1.22 bits per heavy atom. The van der Waals surface area contributed by atoms with E-state index in [4.69, 9.17) is 9.47 Å². The number of ether oxygens (including phenoxy) is 2. The molecule has 1 aliphatic rings. The smallest absolute Gasteiger partial charge is 0.244 e. The number of methoxy groups -OCH3 is 1. The second kappa shape index (κ2) is 6.47. The lowest BCUT2D eigenvalue weighted by Gasteiger charge is -2.16. The van der Waals surface area contributed by atoms with Crippen molar-refractivity contribution in [3.8, 4) is 11.8 Å². The van der Waals surface area contributed by atoms with Crippen LogP contribution in [0.1, 0.15) is 6.42 Å². The highest BCUT2D eigenvalue weighted by Gasteiger charge is 2.33. The molecule has 0 aliphatic carbocycles. The summed E-state index contributed by atoms with van der Waals surface area (Å²) in [5.74, 6) is 0.737. The van der Waals surface area contributed by atoms with Gasteiger partial charge in [0, 0.05) is 31.1 Å². The molecular formula is C14H16N4O4S. The van der Waals surface area contributed by atoms with Gasteiger partial charge in [0.2, 0.25) is 21.8 Å². The molecule has 8 nitrogen and oxygen atoms in total. The van der Waals surface area contributed by atoms with E-state index in [2.05, 4.69) is 15.2 Å². The van der Waals surface area contributed by atoms with Gasteiger partial charge in [-0.25, -0.2) is 8.42 Å². The molecule has 1 saturated heterocycles. The van der Waals surface area contributed by atoms with Gasteiger partial charge < -0.3 is 9.47 Å². The molecule has 1 fully saturated rings. The first-order valence-electron chi connectivity index (χ1n) is 7.04. The Morgan fingerprint density at radius 3 is 2.65 bits per heavy atom. The first-order valence-corrected chi connectivity index (χ1v) is 8.48. The minimum atomic E-state index is -3.54. The van der Waals surface area contributed by atoms with Crippen LogP contribution in [0.2, 0.25) is 0 Å². The predicted molar refractivity (Wildman–Crippen MR) is 80.6 cm³/mol. The Morgan fingerprint density at radius 2 is 2.00 bits per heavy atom. The molecule has 0 N–H and O–H groups in total. The third-order valence-corrected chi connectivity index (χ3v) is 5.34. The molecule has 0 radical (unpaired) electrons. The molecule has 9 heteroatoms. The van der Waals surface area contributed by atoms with Crippen LogP contribution >= 0.6 is 0 Å². The molecular weight excluding hydrogens is 320 g/mol. The Bertz CT molecular complexity index is 752. The topological polar surface area (TPSA) is 94.5 Å². The van der Waals surface area contributed by atoms with Crippen LogP contribution in [0.4, 0.5) is 0 Å². The summed E-state index contributed by atoms with van der Waals surface area (Å²) in [5, 5.41) is 7.70.